The van der Waals surface area contributed by atoms with Crippen molar-refractivity contribution in [3.05, 3.63) is 11.6 Å². The summed E-state index contributed by atoms with van der Waals surface area (Å²) >= 11 is 0. The second-order valence-corrected chi connectivity index (χ2v) is 26.8. The molecule has 83 heavy (non-hydrogen) atoms. The van der Waals surface area contributed by atoms with Crippen molar-refractivity contribution in [2.45, 2.75) is 277 Å². The van der Waals surface area contributed by atoms with Gasteiger partial charge < -0.3 is 128 Å². The van der Waals surface area contributed by atoms with Crippen molar-refractivity contribution in [2.24, 2.45) is 46.3 Å². The first-order valence-electron chi connectivity index (χ1n) is 30.2. The topological polar surface area (TPSA) is 394 Å². The number of rotatable bonds is 12. The highest BCUT2D eigenvalue weighted by atomic mass is 16.8. The molecule has 3 saturated carbocycles. The molecule has 0 radical (unpaired) electrons. The molecule has 26 nitrogen and oxygen atoms in total. The highest BCUT2D eigenvalue weighted by Gasteiger charge is 2.70. The smallest absolute Gasteiger partial charge is 0.187 e. The van der Waals surface area contributed by atoms with E-state index in [9.17, 15) is 71.5 Å². The van der Waals surface area contributed by atoms with Gasteiger partial charge in [0, 0.05) is 18.3 Å². The molecule has 7 heterocycles. The van der Waals surface area contributed by atoms with Gasteiger partial charge in [0.2, 0.25) is 0 Å². The summed E-state index contributed by atoms with van der Waals surface area (Å²) in [5.74, 6) is 0.982. The molecule has 0 aromatic rings. The monoisotopic (exact) mass is 1190 g/mol. The predicted molar refractivity (Wildman–Crippen MR) is 278 cm³/mol. The largest absolute Gasteiger partial charge is 0.394 e. The maximum Gasteiger partial charge on any atom is 0.187 e. The normalized spacial score (nSPS) is 58.2. The van der Waals surface area contributed by atoms with Gasteiger partial charge in [0.05, 0.1) is 56.4 Å². The standard InChI is InChI=1S/C57H92O26/c1-20-19-72-57(16-30(20)60)21(2)34-31(83-57)15-29-27-9-8-25-14-26(10-12-55(25,6)28(27)11-13-56(29,34)7)76-54-49(82-52-44(70)40(66)46(23(4)75-52)79-50-41(67)37(63)35(61)22(3)73-50)45(71)48(33(18-59)78-54)81-51-43(69)39(65)47(24(5)74-51)80-53-42(68)38(64)36(62)32(17-58)77-53/h8,20-24,26-54,58-71H,9-19H2,1-7H3/t20-,21-,22-,23-,24-,26-,27+,28-,29-,30-,31-,32+,33+,34-,35-,36+,37+,38-,39-,40-,41+,42+,43+,44+,45-,46-,47-,48+,49+,50-,51-,52-,53-,54+,55-,56-,57+/m0/s1. The van der Waals surface area contributed by atoms with Crippen molar-refractivity contribution in [1.82, 2.24) is 0 Å². The third kappa shape index (κ3) is 10.9. The van der Waals surface area contributed by atoms with E-state index in [0.717, 1.165) is 32.1 Å². The van der Waals surface area contributed by atoms with E-state index in [-0.39, 0.29) is 28.8 Å². The van der Waals surface area contributed by atoms with Gasteiger partial charge in [-0.3, -0.25) is 0 Å². The fourth-order valence-corrected chi connectivity index (χ4v) is 16.9. The summed E-state index contributed by atoms with van der Waals surface area (Å²) in [6, 6.07) is 0. The molecule has 11 aliphatic rings. The van der Waals surface area contributed by atoms with Crippen LogP contribution in [0, 0.1) is 46.3 Å². The van der Waals surface area contributed by atoms with Crippen LogP contribution in [0.15, 0.2) is 11.6 Å². The quantitative estimate of drug-likeness (QED) is 0.0860. The molecule has 0 unspecified atom stereocenters. The van der Waals surface area contributed by atoms with Gasteiger partial charge in [0.25, 0.3) is 0 Å². The summed E-state index contributed by atoms with van der Waals surface area (Å²) in [5.41, 5.74) is 1.13. The Kier molecular flexibility index (Phi) is 18.4. The molecule has 0 aromatic carbocycles. The lowest BCUT2D eigenvalue weighted by Gasteiger charge is -2.59. The summed E-state index contributed by atoms with van der Waals surface area (Å²) in [6.07, 6.45) is -32.4. The SMILES string of the molecule is C[C@@H]1O[C@@H](O[C@@H]2[C@@H](O)[C@@H](O)[C@H](O[C@H]3[C@H](O[C@H]4CC[C@@]5(C)C(=CC[C@H]6[C@@H]7C[C@@H]8O[C@]9(C[C@H](O)[C@@H](C)CO9)[C@@H](C)[C@@H]8[C@@]7(C)CC[C@@H]65)C4)O[C@H](CO)[C@@H](O[C@@H]4O[C@@H](C)[C@H](O[C@@H]5O[C@H](CO)[C@@H](O)[C@H](O)[C@H]5O)[C@@H](O)[C@H]4O)[C@@H]3O)O[C@H]2C)[C@H](O)[C@H](O)[C@H]1O. The Hall–Kier alpha value is -1.30. The lowest BCUT2D eigenvalue weighted by molar-refractivity contribution is -0.399. The van der Waals surface area contributed by atoms with E-state index in [1.54, 1.807) is 0 Å². The van der Waals surface area contributed by atoms with Gasteiger partial charge in [0.15, 0.2) is 37.2 Å². The van der Waals surface area contributed by atoms with Gasteiger partial charge in [0.1, 0.15) is 104 Å². The number of allylic oxidation sites excluding steroid dienone is 1. The average molecular weight is 1190 g/mol. The summed E-state index contributed by atoms with van der Waals surface area (Å²) in [5, 5.41) is 153. The van der Waals surface area contributed by atoms with Crippen LogP contribution in [0.2, 0.25) is 0 Å². The van der Waals surface area contributed by atoms with E-state index >= 15 is 0 Å². The van der Waals surface area contributed by atoms with Crippen LogP contribution in [0.1, 0.15) is 99.8 Å². The van der Waals surface area contributed by atoms with Crippen molar-refractivity contribution >= 4 is 0 Å². The zero-order chi connectivity index (χ0) is 59.7. The summed E-state index contributed by atoms with van der Waals surface area (Å²) in [7, 11) is 0. The molecule has 37 atom stereocenters. The number of ether oxygens (including phenoxy) is 12. The fraction of sp³-hybridized carbons (Fsp3) is 0.965. The van der Waals surface area contributed by atoms with Crippen molar-refractivity contribution < 1.29 is 128 Å². The van der Waals surface area contributed by atoms with Gasteiger partial charge in [-0.2, -0.15) is 0 Å². The second-order valence-electron chi connectivity index (χ2n) is 26.8. The molecule has 14 N–H and O–H groups in total. The van der Waals surface area contributed by atoms with E-state index in [4.69, 9.17) is 56.8 Å². The predicted octanol–water partition coefficient (Wildman–Crippen LogP) is -3.11. The molecule has 0 aromatic heterocycles. The van der Waals surface area contributed by atoms with E-state index in [1.165, 1.54) is 26.3 Å². The molecule has 11 rings (SSSR count). The third-order valence-electron chi connectivity index (χ3n) is 22.0. The summed E-state index contributed by atoms with van der Waals surface area (Å²) < 4.78 is 74.1. The molecule has 0 amide bonds. The van der Waals surface area contributed by atoms with Crippen LogP contribution >= 0.6 is 0 Å². The van der Waals surface area contributed by atoms with Crippen LogP contribution in [0.25, 0.3) is 0 Å². The van der Waals surface area contributed by atoms with Crippen LogP contribution in [-0.4, -0.2) is 269 Å². The molecule has 26 heteroatoms. The van der Waals surface area contributed by atoms with Crippen LogP contribution in [0.4, 0.5) is 0 Å². The Morgan fingerprint density at radius 3 is 1.67 bits per heavy atom. The minimum atomic E-state index is -1.96. The fourth-order valence-electron chi connectivity index (χ4n) is 16.9. The number of hydrogen-bond acceptors (Lipinski definition) is 26. The molecule has 1 spiro atoms. The van der Waals surface area contributed by atoms with Crippen molar-refractivity contribution in [3.63, 3.8) is 0 Å². The first-order chi connectivity index (χ1) is 39.2. The minimum absolute atomic E-state index is 0.0387. The van der Waals surface area contributed by atoms with Gasteiger partial charge in [-0.25, -0.2) is 0 Å². The Bertz CT molecular complexity index is 2250. The highest BCUT2D eigenvalue weighted by Crippen LogP contribution is 2.71. The zero-order valence-electron chi connectivity index (χ0n) is 48.1. The lowest BCUT2D eigenvalue weighted by Crippen LogP contribution is -2.67. The van der Waals surface area contributed by atoms with Crippen LogP contribution < -0.4 is 0 Å². The second kappa shape index (κ2) is 24.1. The van der Waals surface area contributed by atoms with Gasteiger partial charge >= 0.3 is 0 Å². The molecular formula is C57H92O26. The maximum atomic E-state index is 12.5. The van der Waals surface area contributed by atoms with Gasteiger partial charge in [-0.05, 0) is 100 Å². The van der Waals surface area contributed by atoms with Gasteiger partial charge in [-0.15, -0.1) is 0 Å². The zero-order valence-corrected chi connectivity index (χ0v) is 48.1. The average Bonchev–Trinajstić information content (AvgIpc) is 1.93. The molecule has 10 fully saturated rings. The number of fused-ring (bicyclic) bond motifs is 7. The molecule has 476 valence electrons. The first kappa shape index (κ1) is 63.3. The lowest BCUT2D eigenvalue weighted by atomic mass is 9.47. The Balaban J connectivity index is 0.801. The molecule has 7 aliphatic heterocycles. The van der Waals surface area contributed by atoms with Crippen molar-refractivity contribution in [3.8, 4) is 0 Å². The molecule has 4 aliphatic carbocycles. The first-order valence-corrected chi connectivity index (χ1v) is 30.2. The summed E-state index contributed by atoms with van der Waals surface area (Å²) in [6.45, 7) is 12.4. The molecular weight excluding hydrogens is 1100 g/mol. The third-order valence-corrected chi connectivity index (χ3v) is 22.0. The summed E-state index contributed by atoms with van der Waals surface area (Å²) in [4.78, 5) is 0. The van der Waals surface area contributed by atoms with E-state index in [0.29, 0.717) is 49.5 Å². The van der Waals surface area contributed by atoms with Crippen LogP contribution in [-0.2, 0) is 56.8 Å². The minimum Gasteiger partial charge on any atom is -0.394 e. The Morgan fingerprint density at radius 1 is 0.530 bits per heavy atom. The van der Waals surface area contributed by atoms with Gasteiger partial charge in [-0.1, -0.05) is 39.3 Å². The van der Waals surface area contributed by atoms with Crippen LogP contribution in [0.5, 0.6) is 0 Å². The Morgan fingerprint density at radius 2 is 1.07 bits per heavy atom. The van der Waals surface area contributed by atoms with E-state index in [2.05, 4.69) is 26.8 Å². The van der Waals surface area contributed by atoms with Crippen molar-refractivity contribution in [1.29, 1.82) is 0 Å². The number of aliphatic hydroxyl groups is 14. The van der Waals surface area contributed by atoms with E-state index < -0.39 is 185 Å². The molecule has 7 saturated heterocycles. The van der Waals surface area contributed by atoms with Crippen molar-refractivity contribution in [2.75, 3.05) is 19.8 Å². The number of aliphatic hydroxyl groups excluding tert-OH is 14. The van der Waals surface area contributed by atoms with E-state index in [1.807, 2.05) is 6.92 Å². The maximum absolute atomic E-state index is 12.5. The Labute approximate surface area is 482 Å². The molecule has 0 bridgehead atoms. The number of hydrogen-bond donors (Lipinski definition) is 14. The van der Waals surface area contributed by atoms with Crippen LogP contribution in [0.3, 0.4) is 0 Å². The highest BCUT2D eigenvalue weighted by molar-refractivity contribution is 5.27.